The summed E-state index contributed by atoms with van der Waals surface area (Å²) in [7, 11) is 0. The molecule has 0 atom stereocenters. The Morgan fingerprint density at radius 3 is 2.61 bits per heavy atom. The molecule has 0 aliphatic carbocycles. The van der Waals surface area contributed by atoms with Crippen LogP contribution in [0.1, 0.15) is 31.2 Å². The Bertz CT molecular complexity index is 1220. The molecule has 0 spiro atoms. The standard InChI is InChI=1S/C25H23ClN2O3/c1-2-3-8-24-27-21-14-13-19(26)15-22(21)28(24)16-17-9-11-18(12-10-17)20-6-4-5-7-23(20)31-25(29)30/h4-7,9-15H,2-3,8,16H2,1H3,(H,29,30). The Balaban J connectivity index is 1.65. The molecule has 3 aromatic carbocycles. The number of fused-ring (bicyclic) bond motifs is 1. The highest BCUT2D eigenvalue weighted by molar-refractivity contribution is 6.31. The molecule has 0 amide bonds. The lowest BCUT2D eigenvalue weighted by atomic mass is 10.0. The van der Waals surface area contributed by atoms with Crippen LogP contribution < -0.4 is 4.74 Å². The Morgan fingerprint density at radius 1 is 1.10 bits per heavy atom. The third kappa shape index (κ3) is 4.72. The largest absolute Gasteiger partial charge is 0.511 e. The van der Waals surface area contributed by atoms with Crippen LogP contribution >= 0.6 is 11.6 Å². The molecule has 0 aliphatic heterocycles. The lowest BCUT2D eigenvalue weighted by Crippen LogP contribution is -2.06. The summed E-state index contributed by atoms with van der Waals surface area (Å²) >= 11 is 6.25. The summed E-state index contributed by atoms with van der Waals surface area (Å²) < 4.78 is 7.15. The molecule has 0 saturated heterocycles. The average molecular weight is 435 g/mol. The minimum Gasteiger partial charge on any atom is -0.449 e. The second-order valence-corrected chi connectivity index (χ2v) is 7.85. The van der Waals surface area contributed by atoms with E-state index in [1.807, 2.05) is 54.6 Å². The van der Waals surface area contributed by atoms with Crippen molar-refractivity contribution in [3.8, 4) is 16.9 Å². The summed E-state index contributed by atoms with van der Waals surface area (Å²) in [5, 5.41) is 9.67. The molecule has 4 rings (SSSR count). The maximum Gasteiger partial charge on any atom is 0.511 e. The fraction of sp³-hybridized carbons (Fsp3) is 0.200. The van der Waals surface area contributed by atoms with Crippen molar-refractivity contribution in [2.75, 3.05) is 0 Å². The van der Waals surface area contributed by atoms with Gasteiger partial charge < -0.3 is 14.4 Å². The summed E-state index contributed by atoms with van der Waals surface area (Å²) in [6.45, 7) is 2.86. The zero-order chi connectivity index (χ0) is 21.8. The van der Waals surface area contributed by atoms with Crippen molar-refractivity contribution in [2.45, 2.75) is 32.7 Å². The van der Waals surface area contributed by atoms with E-state index in [1.54, 1.807) is 12.1 Å². The summed E-state index contributed by atoms with van der Waals surface area (Å²) in [5.41, 5.74) is 4.73. The number of halogens is 1. The van der Waals surface area contributed by atoms with Crippen LogP contribution in [0.5, 0.6) is 5.75 Å². The fourth-order valence-corrected chi connectivity index (χ4v) is 3.87. The van der Waals surface area contributed by atoms with E-state index in [2.05, 4.69) is 11.5 Å². The van der Waals surface area contributed by atoms with E-state index < -0.39 is 6.16 Å². The third-order valence-corrected chi connectivity index (χ3v) is 5.47. The van der Waals surface area contributed by atoms with Crippen molar-refractivity contribution in [3.63, 3.8) is 0 Å². The SMILES string of the molecule is CCCCc1nc2ccc(Cl)cc2n1Cc1ccc(-c2ccccc2OC(=O)O)cc1. The fourth-order valence-electron chi connectivity index (χ4n) is 3.71. The predicted octanol–water partition coefficient (Wildman–Crippen LogP) is 6.80. The number of hydrogen-bond donors (Lipinski definition) is 1. The van der Waals surface area contributed by atoms with E-state index in [0.29, 0.717) is 17.3 Å². The van der Waals surface area contributed by atoms with Gasteiger partial charge in [0.05, 0.1) is 11.0 Å². The number of unbranched alkanes of at least 4 members (excludes halogenated alkanes) is 1. The third-order valence-electron chi connectivity index (χ3n) is 5.23. The molecule has 6 heteroatoms. The zero-order valence-electron chi connectivity index (χ0n) is 17.2. The second kappa shape index (κ2) is 9.23. The van der Waals surface area contributed by atoms with Gasteiger partial charge in [-0.2, -0.15) is 0 Å². The molecule has 0 saturated carbocycles. The molecule has 1 N–H and O–H groups in total. The Morgan fingerprint density at radius 2 is 1.87 bits per heavy atom. The summed E-state index contributed by atoms with van der Waals surface area (Å²) in [6, 6.07) is 21.0. The maximum atomic E-state index is 11.0. The number of nitrogens with zero attached hydrogens (tertiary/aromatic N) is 2. The Labute approximate surface area is 185 Å². The lowest BCUT2D eigenvalue weighted by molar-refractivity contribution is 0.144. The van der Waals surface area contributed by atoms with Crippen LogP contribution in [0.15, 0.2) is 66.7 Å². The number of rotatable bonds is 7. The highest BCUT2D eigenvalue weighted by atomic mass is 35.5. The van der Waals surface area contributed by atoms with Gasteiger partial charge in [-0.3, -0.25) is 0 Å². The van der Waals surface area contributed by atoms with Gasteiger partial charge >= 0.3 is 6.16 Å². The van der Waals surface area contributed by atoms with E-state index in [4.69, 9.17) is 26.4 Å². The van der Waals surface area contributed by atoms with Crippen LogP contribution in [0, 0.1) is 0 Å². The van der Waals surface area contributed by atoms with E-state index in [1.165, 1.54) is 0 Å². The molecule has 1 heterocycles. The number of hydrogen-bond acceptors (Lipinski definition) is 3. The number of para-hydroxylation sites is 1. The topological polar surface area (TPSA) is 64.4 Å². The van der Waals surface area contributed by atoms with Crippen molar-refractivity contribution in [1.29, 1.82) is 0 Å². The molecular weight excluding hydrogens is 412 g/mol. The first-order valence-electron chi connectivity index (χ1n) is 10.3. The van der Waals surface area contributed by atoms with Crippen molar-refractivity contribution in [1.82, 2.24) is 9.55 Å². The van der Waals surface area contributed by atoms with Crippen molar-refractivity contribution in [3.05, 3.63) is 83.1 Å². The van der Waals surface area contributed by atoms with Crippen molar-refractivity contribution < 1.29 is 14.6 Å². The summed E-state index contributed by atoms with van der Waals surface area (Å²) in [6.07, 6.45) is 1.78. The number of imidazole rings is 1. The Hall–Kier alpha value is -3.31. The molecule has 0 radical (unpaired) electrons. The first kappa shape index (κ1) is 20.9. The molecule has 1 aromatic heterocycles. The molecule has 158 valence electrons. The number of aryl methyl sites for hydroxylation is 1. The maximum absolute atomic E-state index is 11.0. The van der Waals surface area contributed by atoms with Gasteiger partial charge in [-0.25, -0.2) is 9.78 Å². The first-order chi connectivity index (χ1) is 15.0. The molecule has 5 nitrogen and oxygen atoms in total. The van der Waals surface area contributed by atoms with Gasteiger partial charge in [-0.05, 0) is 41.8 Å². The van der Waals surface area contributed by atoms with Gasteiger partial charge in [0.25, 0.3) is 0 Å². The van der Waals surface area contributed by atoms with Gasteiger partial charge in [0.2, 0.25) is 0 Å². The number of ether oxygens (including phenoxy) is 1. The first-order valence-corrected chi connectivity index (χ1v) is 10.7. The van der Waals surface area contributed by atoms with Crippen LogP contribution in [-0.4, -0.2) is 20.8 Å². The molecule has 0 bridgehead atoms. The highest BCUT2D eigenvalue weighted by Gasteiger charge is 2.13. The van der Waals surface area contributed by atoms with E-state index in [0.717, 1.165) is 52.8 Å². The van der Waals surface area contributed by atoms with E-state index >= 15 is 0 Å². The summed E-state index contributed by atoms with van der Waals surface area (Å²) in [4.78, 5) is 15.8. The number of aromatic nitrogens is 2. The van der Waals surface area contributed by atoms with Crippen molar-refractivity contribution in [2.24, 2.45) is 0 Å². The van der Waals surface area contributed by atoms with Gasteiger partial charge in [-0.1, -0.05) is 67.4 Å². The van der Waals surface area contributed by atoms with Gasteiger partial charge in [-0.15, -0.1) is 0 Å². The second-order valence-electron chi connectivity index (χ2n) is 7.41. The van der Waals surface area contributed by atoms with Crippen LogP contribution in [0.2, 0.25) is 5.02 Å². The van der Waals surface area contributed by atoms with Crippen LogP contribution in [0.3, 0.4) is 0 Å². The number of carbonyl (C=O) groups is 1. The highest BCUT2D eigenvalue weighted by Crippen LogP contribution is 2.30. The van der Waals surface area contributed by atoms with Crippen LogP contribution in [0.25, 0.3) is 22.2 Å². The van der Waals surface area contributed by atoms with Gasteiger partial charge in [0.1, 0.15) is 11.6 Å². The minimum absolute atomic E-state index is 0.319. The monoisotopic (exact) mass is 434 g/mol. The summed E-state index contributed by atoms with van der Waals surface area (Å²) in [5.74, 6) is 1.38. The molecule has 0 aliphatic rings. The van der Waals surface area contributed by atoms with Gasteiger partial charge in [0, 0.05) is 23.6 Å². The number of carboxylic acid groups (broad SMARTS) is 1. The normalized spacial score (nSPS) is 11.0. The average Bonchev–Trinajstić information content (AvgIpc) is 3.09. The van der Waals surface area contributed by atoms with Crippen molar-refractivity contribution >= 4 is 28.8 Å². The van der Waals surface area contributed by atoms with Gasteiger partial charge in [0.15, 0.2) is 0 Å². The molecule has 4 aromatic rings. The predicted molar refractivity (Wildman–Crippen MR) is 123 cm³/mol. The van der Waals surface area contributed by atoms with E-state index in [9.17, 15) is 4.79 Å². The van der Waals surface area contributed by atoms with E-state index in [-0.39, 0.29) is 0 Å². The molecule has 0 unspecified atom stereocenters. The lowest BCUT2D eigenvalue weighted by Gasteiger charge is -2.12. The van der Waals surface area contributed by atoms with Crippen LogP contribution in [-0.2, 0) is 13.0 Å². The quantitative estimate of drug-likeness (QED) is 0.256. The Kier molecular flexibility index (Phi) is 6.23. The molecular formula is C25H23ClN2O3. The smallest absolute Gasteiger partial charge is 0.449 e. The number of benzene rings is 3. The van der Waals surface area contributed by atoms with Crippen LogP contribution in [0.4, 0.5) is 4.79 Å². The molecule has 0 fully saturated rings. The minimum atomic E-state index is -1.32. The zero-order valence-corrected chi connectivity index (χ0v) is 18.0. The molecule has 31 heavy (non-hydrogen) atoms.